The van der Waals surface area contributed by atoms with Crippen molar-refractivity contribution in [2.24, 2.45) is 5.92 Å². The third kappa shape index (κ3) is 1.78. The molecule has 0 aliphatic carbocycles. The molecule has 0 spiro atoms. The van der Waals surface area contributed by atoms with Crippen LogP contribution < -0.4 is 10.4 Å². The molecule has 0 aliphatic heterocycles. The van der Waals surface area contributed by atoms with Crippen molar-refractivity contribution >= 4 is 21.9 Å². The highest BCUT2D eigenvalue weighted by atomic mass is 16.5. The van der Waals surface area contributed by atoms with E-state index in [0.29, 0.717) is 23.5 Å². The van der Waals surface area contributed by atoms with Gasteiger partial charge < -0.3 is 10.2 Å². The zero-order chi connectivity index (χ0) is 13.6. The van der Waals surface area contributed by atoms with Crippen molar-refractivity contribution in [3.05, 3.63) is 46.2 Å². The van der Waals surface area contributed by atoms with Gasteiger partial charge in [-0.2, -0.15) is 4.73 Å². The number of pyridine rings is 1. The predicted molar refractivity (Wildman–Crippen MR) is 73.9 cm³/mol. The number of fused-ring (bicyclic) bond motifs is 3. The Labute approximate surface area is 109 Å². The lowest BCUT2D eigenvalue weighted by atomic mass is 10.1. The Balaban J connectivity index is 2.48. The minimum absolute atomic E-state index is 0.167. The molecule has 0 saturated heterocycles. The van der Waals surface area contributed by atoms with Crippen molar-refractivity contribution in [1.29, 1.82) is 0 Å². The van der Waals surface area contributed by atoms with Crippen molar-refractivity contribution in [1.82, 2.24) is 9.55 Å². The first kappa shape index (κ1) is 11.8. The smallest absolute Gasteiger partial charge is 0.326 e. The normalized spacial score (nSPS) is 11.7. The maximum absolute atomic E-state index is 12.0. The summed E-state index contributed by atoms with van der Waals surface area (Å²) in [6.45, 7) is 4.75. The number of H-pyrrole nitrogens is 1. The van der Waals surface area contributed by atoms with Crippen LogP contribution in [0, 0.1) is 11.1 Å². The van der Waals surface area contributed by atoms with E-state index in [0.717, 1.165) is 15.6 Å². The summed E-state index contributed by atoms with van der Waals surface area (Å²) in [5, 5.41) is 12.7. The largest absolute Gasteiger partial charge is 0.618 e. The topological polar surface area (TPSA) is 64.7 Å². The first-order valence-electron chi connectivity index (χ1n) is 6.31. The lowest BCUT2D eigenvalue weighted by Crippen LogP contribution is -2.26. The number of nitrogens with zero attached hydrogens (tertiary/aromatic N) is 2. The van der Waals surface area contributed by atoms with Gasteiger partial charge in [0.25, 0.3) is 0 Å². The zero-order valence-electron chi connectivity index (χ0n) is 10.9. The molecule has 0 saturated carbocycles. The Kier molecular flexibility index (Phi) is 2.55. The summed E-state index contributed by atoms with van der Waals surface area (Å²) in [5.41, 5.74) is 1.80. The summed E-state index contributed by atoms with van der Waals surface area (Å²) in [4.78, 5) is 14.8. The van der Waals surface area contributed by atoms with E-state index < -0.39 is 0 Å². The Morgan fingerprint density at radius 3 is 2.84 bits per heavy atom. The summed E-state index contributed by atoms with van der Waals surface area (Å²) in [5.74, 6) is 0.357. The molecule has 2 heterocycles. The molecule has 0 unspecified atom stereocenters. The van der Waals surface area contributed by atoms with Crippen LogP contribution >= 0.6 is 0 Å². The maximum Gasteiger partial charge on any atom is 0.326 e. The monoisotopic (exact) mass is 257 g/mol. The highest BCUT2D eigenvalue weighted by molar-refractivity contribution is 6.00. The number of rotatable bonds is 2. The Bertz CT molecular complexity index is 815. The minimum Gasteiger partial charge on any atom is -0.618 e. The van der Waals surface area contributed by atoms with Crippen LogP contribution in [0.15, 0.2) is 35.3 Å². The molecular formula is C14H15N3O2. The van der Waals surface area contributed by atoms with Crippen molar-refractivity contribution in [3.8, 4) is 0 Å². The second kappa shape index (κ2) is 4.12. The Hall–Kier alpha value is -2.30. The van der Waals surface area contributed by atoms with E-state index in [1.54, 1.807) is 10.6 Å². The molecule has 5 nitrogen and oxygen atoms in total. The van der Waals surface area contributed by atoms with Crippen molar-refractivity contribution in [2.45, 2.75) is 20.4 Å². The molecule has 2 aromatic heterocycles. The highest BCUT2D eigenvalue weighted by Crippen LogP contribution is 2.20. The molecule has 98 valence electrons. The maximum atomic E-state index is 12.0. The number of aromatic amines is 1. The Morgan fingerprint density at radius 2 is 2.11 bits per heavy atom. The van der Waals surface area contributed by atoms with Gasteiger partial charge in [0.1, 0.15) is 5.52 Å². The van der Waals surface area contributed by atoms with E-state index in [4.69, 9.17) is 0 Å². The van der Waals surface area contributed by atoms with Gasteiger partial charge in [-0.3, -0.25) is 4.57 Å². The van der Waals surface area contributed by atoms with Crippen molar-refractivity contribution in [3.63, 3.8) is 0 Å². The van der Waals surface area contributed by atoms with Crippen LogP contribution in [-0.4, -0.2) is 9.55 Å². The van der Waals surface area contributed by atoms with E-state index in [9.17, 15) is 10.0 Å². The van der Waals surface area contributed by atoms with Gasteiger partial charge in [0, 0.05) is 12.6 Å². The van der Waals surface area contributed by atoms with Gasteiger partial charge in [0.05, 0.1) is 10.9 Å². The fraction of sp³-hybridized carbons (Fsp3) is 0.286. The number of hydrogen-bond acceptors (Lipinski definition) is 2. The van der Waals surface area contributed by atoms with Crippen LogP contribution in [0.25, 0.3) is 21.9 Å². The first-order valence-corrected chi connectivity index (χ1v) is 6.31. The summed E-state index contributed by atoms with van der Waals surface area (Å²) >= 11 is 0. The van der Waals surface area contributed by atoms with Crippen molar-refractivity contribution in [2.75, 3.05) is 0 Å². The van der Waals surface area contributed by atoms with E-state index in [1.807, 2.05) is 18.2 Å². The van der Waals surface area contributed by atoms with Gasteiger partial charge >= 0.3 is 5.69 Å². The number of hydrogen-bond donors (Lipinski definition) is 1. The number of para-hydroxylation sites is 1. The van der Waals surface area contributed by atoms with Crippen LogP contribution in [0.4, 0.5) is 0 Å². The van der Waals surface area contributed by atoms with Crippen LogP contribution in [0.5, 0.6) is 0 Å². The van der Waals surface area contributed by atoms with Crippen LogP contribution in [0.3, 0.4) is 0 Å². The molecule has 1 aromatic carbocycles. The quantitative estimate of drug-likeness (QED) is 0.561. The van der Waals surface area contributed by atoms with Gasteiger partial charge in [0.2, 0.25) is 11.7 Å². The fourth-order valence-electron chi connectivity index (χ4n) is 2.46. The summed E-state index contributed by atoms with van der Waals surface area (Å²) in [6.07, 6.45) is 1.43. The molecule has 0 amide bonds. The molecule has 3 rings (SSSR count). The zero-order valence-corrected chi connectivity index (χ0v) is 10.9. The summed E-state index contributed by atoms with van der Waals surface area (Å²) in [6, 6.07) is 7.33. The summed E-state index contributed by atoms with van der Waals surface area (Å²) in [7, 11) is 0. The molecule has 0 fully saturated rings. The van der Waals surface area contributed by atoms with Gasteiger partial charge in [-0.05, 0) is 12.0 Å². The van der Waals surface area contributed by atoms with Crippen LogP contribution in [-0.2, 0) is 6.54 Å². The lowest BCUT2D eigenvalue weighted by Gasteiger charge is -2.08. The molecular weight excluding hydrogens is 242 g/mol. The molecule has 5 heteroatoms. The fourth-order valence-corrected chi connectivity index (χ4v) is 2.46. The molecule has 3 aromatic rings. The van der Waals surface area contributed by atoms with Gasteiger partial charge in [-0.15, -0.1) is 0 Å². The van der Waals surface area contributed by atoms with Gasteiger partial charge in [0.15, 0.2) is 0 Å². The number of imidazole rings is 1. The van der Waals surface area contributed by atoms with E-state index in [1.165, 1.54) is 6.20 Å². The molecule has 0 atom stereocenters. The molecule has 0 bridgehead atoms. The highest BCUT2D eigenvalue weighted by Gasteiger charge is 2.16. The van der Waals surface area contributed by atoms with E-state index in [2.05, 4.69) is 18.8 Å². The Morgan fingerprint density at radius 1 is 1.37 bits per heavy atom. The number of nitrogens with one attached hydrogen (secondary N) is 1. The SMILES string of the molecule is CC(C)Cn1c(=O)[nH]c2c[n+]([O-])c3ccccc3c21. The average molecular weight is 257 g/mol. The minimum atomic E-state index is -0.167. The first-order chi connectivity index (χ1) is 9.08. The lowest BCUT2D eigenvalue weighted by molar-refractivity contribution is -0.575. The second-order valence-electron chi connectivity index (χ2n) is 5.17. The van der Waals surface area contributed by atoms with Crippen LogP contribution in [0.1, 0.15) is 13.8 Å². The van der Waals surface area contributed by atoms with Crippen molar-refractivity contribution < 1.29 is 4.73 Å². The summed E-state index contributed by atoms with van der Waals surface area (Å²) < 4.78 is 2.51. The second-order valence-corrected chi connectivity index (χ2v) is 5.17. The molecule has 0 radical (unpaired) electrons. The van der Waals surface area contributed by atoms with Crippen LogP contribution in [0.2, 0.25) is 0 Å². The number of aromatic nitrogens is 3. The van der Waals surface area contributed by atoms with Gasteiger partial charge in [-0.25, -0.2) is 4.79 Å². The molecule has 1 N–H and O–H groups in total. The van der Waals surface area contributed by atoms with E-state index in [-0.39, 0.29) is 5.69 Å². The molecule has 0 aliphatic rings. The van der Waals surface area contributed by atoms with E-state index >= 15 is 0 Å². The van der Waals surface area contributed by atoms with Gasteiger partial charge in [-0.1, -0.05) is 26.0 Å². The number of benzene rings is 1. The standard InChI is InChI=1S/C14H15N3O2/c1-9(2)7-16-13-10-5-3-4-6-12(10)17(19)8-11(13)15-14(16)18/h3-6,8-9H,7H2,1-2H3,(H,15,18). The third-order valence-electron chi connectivity index (χ3n) is 3.20. The third-order valence-corrected chi connectivity index (χ3v) is 3.20. The molecule has 19 heavy (non-hydrogen) atoms. The predicted octanol–water partition coefficient (Wildman–Crippen LogP) is 1.77. The average Bonchev–Trinajstić information content (AvgIpc) is 2.66.